The quantitative estimate of drug-likeness (QED) is 0.145. The van der Waals surface area contributed by atoms with Crippen LogP contribution in [0, 0.1) is 0 Å². The molecular formula is C61H41N5. The number of hydrogen-bond donors (Lipinski definition) is 0. The SMILES string of the molecule is c1ccc(-c2ccc(-c3ccc4c5ccc(N(c6ccccc6)c6ccc(-c7ccc8ccccc8c7)cc6)cc5n(-c5nc(-c6ccccc6)nc(-c6ccccc6)n5)c4c3)cc2)cc1. The van der Waals surface area contributed by atoms with Gasteiger partial charge in [0.2, 0.25) is 5.95 Å². The van der Waals surface area contributed by atoms with Crippen LogP contribution in [0.15, 0.2) is 249 Å². The zero-order chi connectivity index (χ0) is 43.8. The van der Waals surface area contributed by atoms with Gasteiger partial charge < -0.3 is 4.90 Å². The molecule has 0 radical (unpaired) electrons. The minimum atomic E-state index is 0.544. The first-order valence-corrected chi connectivity index (χ1v) is 22.3. The van der Waals surface area contributed by atoms with E-state index >= 15 is 0 Å². The van der Waals surface area contributed by atoms with Gasteiger partial charge >= 0.3 is 0 Å². The van der Waals surface area contributed by atoms with E-state index in [1.54, 1.807) is 0 Å². The van der Waals surface area contributed by atoms with Crippen LogP contribution in [0.2, 0.25) is 0 Å². The highest BCUT2D eigenvalue weighted by atomic mass is 15.2. The van der Waals surface area contributed by atoms with Crippen LogP contribution in [0.5, 0.6) is 0 Å². The molecule has 0 aliphatic carbocycles. The number of hydrogen-bond acceptors (Lipinski definition) is 4. The van der Waals surface area contributed by atoms with E-state index in [-0.39, 0.29) is 0 Å². The van der Waals surface area contributed by atoms with Gasteiger partial charge in [0.05, 0.1) is 11.0 Å². The summed E-state index contributed by atoms with van der Waals surface area (Å²) in [5.41, 5.74) is 13.9. The molecule has 0 saturated heterocycles. The minimum absolute atomic E-state index is 0.544. The fourth-order valence-corrected chi connectivity index (χ4v) is 9.12. The number of rotatable bonds is 9. The maximum Gasteiger partial charge on any atom is 0.238 e. The third kappa shape index (κ3) is 7.25. The fraction of sp³-hybridized carbons (Fsp3) is 0. The number of para-hydroxylation sites is 1. The summed E-state index contributed by atoms with van der Waals surface area (Å²) in [5.74, 6) is 1.76. The Kier molecular flexibility index (Phi) is 9.77. The van der Waals surface area contributed by atoms with Gasteiger partial charge in [-0.15, -0.1) is 0 Å². The standard InChI is InChI=1S/C61H41N5/c1-5-15-42(16-6-1)44-25-27-45(28-26-44)51-33-37-55-56-38-36-54(65(52-23-11-4-12-24-52)53-34-31-46(32-35-53)50-30-29-43-17-13-14-22-49(43)39-50)41-58(56)66(57(55)40-51)61-63-59(47-18-7-2-8-19-47)62-60(64-61)48-20-9-3-10-21-48/h1-41H. The van der Waals surface area contributed by atoms with Crippen LogP contribution >= 0.6 is 0 Å². The topological polar surface area (TPSA) is 46.8 Å². The molecule has 12 rings (SSSR count). The molecule has 0 bridgehead atoms. The van der Waals surface area contributed by atoms with Crippen LogP contribution in [-0.2, 0) is 0 Å². The smallest absolute Gasteiger partial charge is 0.238 e. The van der Waals surface area contributed by atoms with E-state index in [0.717, 1.165) is 66.7 Å². The Morgan fingerprint density at radius 2 is 0.682 bits per heavy atom. The van der Waals surface area contributed by atoms with E-state index in [1.165, 1.54) is 27.5 Å². The number of anilines is 3. The zero-order valence-electron chi connectivity index (χ0n) is 35.9. The van der Waals surface area contributed by atoms with Gasteiger partial charge in [-0.1, -0.05) is 200 Å². The number of fused-ring (bicyclic) bond motifs is 4. The Balaban J connectivity index is 1.05. The van der Waals surface area contributed by atoms with E-state index < -0.39 is 0 Å². The minimum Gasteiger partial charge on any atom is -0.310 e. The average molecular weight is 844 g/mol. The third-order valence-electron chi connectivity index (χ3n) is 12.4. The first-order valence-electron chi connectivity index (χ1n) is 22.3. The first kappa shape index (κ1) is 38.7. The Hall–Kier alpha value is -8.93. The summed E-state index contributed by atoms with van der Waals surface area (Å²) in [4.78, 5) is 18.0. The van der Waals surface area contributed by atoms with Crippen LogP contribution in [0.1, 0.15) is 0 Å². The van der Waals surface area contributed by atoms with E-state index in [0.29, 0.717) is 17.6 Å². The van der Waals surface area contributed by atoms with Crippen molar-refractivity contribution in [2.45, 2.75) is 0 Å². The normalized spacial score (nSPS) is 11.3. The van der Waals surface area contributed by atoms with Crippen molar-refractivity contribution in [1.82, 2.24) is 19.5 Å². The molecule has 0 aliphatic heterocycles. The van der Waals surface area contributed by atoms with Gasteiger partial charge in [-0.25, -0.2) is 4.98 Å². The average Bonchev–Trinajstić information content (AvgIpc) is 3.73. The molecule has 0 atom stereocenters. The van der Waals surface area contributed by atoms with Crippen molar-refractivity contribution in [3.63, 3.8) is 0 Å². The van der Waals surface area contributed by atoms with Crippen molar-refractivity contribution in [2.75, 3.05) is 4.90 Å². The Morgan fingerprint density at radius 1 is 0.273 bits per heavy atom. The van der Waals surface area contributed by atoms with Gasteiger partial charge in [0, 0.05) is 39.0 Å². The number of aromatic nitrogens is 4. The molecule has 0 spiro atoms. The largest absolute Gasteiger partial charge is 0.310 e. The molecule has 5 heteroatoms. The number of benzene rings is 10. The Bertz CT molecular complexity index is 3610. The molecule has 66 heavy (non-hydrogen) atoms. The lowest BCUT2D eigenvalue weighted by Gasteiger charge is -2.26. The lowest BCUT2D eigenvalue weighted by molar-refractivity contribution is 0.953. The van der Waals surface area contributed by atoms with Gasteiger partial charge in [0.1, 0.15) is 0 Å². The second-order valence-corrected chi connectivity index (χ2v) is 16.5. The second-order valence-electron chi connectivity index (χ2n) is 16.5. The maximum absolute atomic E-state index is 5.29. The molecule has 10 aromatic carbocycles. The Morgan fingerprint density at radius 3 is 1.30 bits per heavy atom. The summed E-state index contributed by atoms with van der Waals surface area (Å²) < 4.78 is 2.22. The molecule has 310 valence electrons. The highest BCUT2D eigenvalue weighted by Crippen LogP contribution is 2.41. The predicted octanol–water partition coefficient (Wildman–Crippen LogP) is 15.9. The van der Waals surface area contributed by atoms with Crippen molar-refractivity contribution in [3.8, 4) is 62.1 Å². The van der Waals surface area contributed by atoms with Crippen LogP contribution in [0.4, 0.5) is 17.1 Å². The molecule has 0 fully saturated rings. The van der Waals surface area contributed by atoms with Crippen molar-refractivity contribution < 1.29 is 0 Å². The monoisotopic (exact) mass is 843 g/mol. The molecule has 2 aromatic heterocycles. The lowest BCUT2D eigenvalue weighted by Crippen LogP contribution is -2.10. The zero-order valence-corrected chi connectivity index (χ0v) is 35.9. The highest BCUT2D eigenvalue weighted by molar-refractivity contribution is 6.11. The van der Waals surface area contributed by atoms with E-state index in [4.69, 9.17) is 15.0 Å². The molecule has 0 unspecified atom stereocenters. The molecule has 0 aliphatic rings. The van der Waals surface area contributed by atoms with Crippen molar-refractivity contribution in [3.05, 3.63) is 249 Å². The molecule has 5 nitrogen and oxygen atoms in total. The summed E-state index contributed by atoms with van der Waals surface area (Å²) in [5, 5.41) is 4.67. The van der Waals surface area contributed by atoms with Crippen molar-refractivity contribution >= 4 is 49.6 Å². The Labute approximate surface area is 383 Å². The molecule has 0 saturated carbocycles. The van der Waals surface area contributed by atoms with Crippen LogP contribution in [0.3, 0.4) is 0 Å². The molecule has 2 heterocycles. The highest BCUT2D eigenvalue weighted by Gasteiger charge is 2.21. The lowest BCUT2D eigenvalue weighted by atomic mass is 9.99. The van der Waals surface area contributed by atoms with Gasteiger partial charge in [-0.2, -0.15) is 9.97 Å². The fourth-order valence-electron chi connectivity index (χ4n) is 9.12. The van der Waals surface area contributed by atoms with Crippen LogP contribution in [0.25, 0.3) is 94.7 Å². The second kappa shape index (κ2) is 16.6. The third-order valence-corrected chi connectivity index (χ3v) is 12.4. The first-order chi connectivity index (χ1) is 32.7. The maximum atomic E-state index is 5.29. The van der Waals surface area contributed by atoms with Gasteiger partial charge in [-0.3, -0.25) is 4.57 Å². The van der Waals surface area contributed by atoms with Gasteiger partial charge in [0.25, 0.3) is 0 Å². The molecule has 0 N–H and O–H groups in total. The molecular weight excluding hydrogens is 803 g/mol. The van der Waals surface area contributed by atoms with Crippen LogP contribution < -0.4 is 4.90 Å². The van der Waals surface area contributed by atoms with Crippen molar-refractivity contribution in [1.29, 1.82) is 0 Å². The number of nitrogens with zero attached hydrogens (tertiary/aromatic N) is 5. The summed E-state index contributed by atoms with van der Waals surface area (Å²) in [6.07, 6.45) is 0. The van der Waals surface area contributed by atoms with Crippen molar-refractivity contribution in [2.24, 2.45) is 0 Å². The van der Waals surface area contributed by atoms with E-state index in [2.05, 4.69) is 222 Å². The van der Waals surface area contributed by atoms with Gasteiger partial charge in [0.15, 0.2) is 11.6 Å². The predicted molar refractivity (Wildman–Crippen MR) is 274 cm³/mol. The van der Waals surface area contributed by atoms with Crippen LogP contribution in [-0.4, -0.2) is 19.5 Å². The summed E-state index contributed by atoms with van der Waals surface area (Å²) >= 11 is 0. The summed E-state index contributed by atoms with van der Waals surface area (Å²) in [7, 11) is 0. The molecule has 0 amide bonds. The summed E-state index contributed by atoms with van der Waals surface area (Å²) in [6.45, 7) is 0. The molecule has 12 aromatic rings. The summed E-state index contributed by atoms with van der Waals surface area (Å²) in [6, 6.07) is 87.8. The van der Waals surface area contributed by atoms with E-state index in [1.807, 2.05) is 36.4 Å². The van der Waals surface area contributed by atoms with Gasteiger partial charge in [-0.05, 0) is 92.7 Å². The van der Waals surface area contributed by atoms with E-state index in [9.17, 15) is 0 Å².